The van der Waals surface area contributed by atoms with Crippen molar-refractivity contribution in [2.45, 2.75) is 6.54 Å². The summed E-state index contributed by atoms with van der Waals surface area (Å²) < 4.78 is 0. The van der Waals surface area contributed by atoms with Crippen LogP contribution in [0.25, 0.3) is 21.5 Å². The van der Waals surface area contributed by atoms with Crippen LogP contribution >= 0.6 is 0 Å². The zero-order chi connectivity index (χ0) is 21.3. The molecular formula is C29H23NO. The molecule has 0 fully saturated rings. The minimum Gasteiger partial charge on any atom is -0.298 e. The summed E-state index contributed by atoms with van der Waals surface area (Å²) in [6.07, 6.45) is 2.86. The summed E-state index contributed by atoms with van der Waals surface area (Å²) in [5, 5.41) is 4.64. The van der Waals surface area contributed by atoms with Gasteiger partial charge >= 0.3 is 0 Å². The molecule has 0 aliphatic carbocycles. The highest BCUT2D eigenvalue weighted by Crippen LogP contribution is 2.17. The van der Waals surface area contributed by atoms with E-state index in [2.05, 4.69) is 59.6 Å². The topological polar surface area (TPSA) is 29.4 Å². The van der Waals surface area contributed by atoms with Crippen LogP contribution in [0.2, 0.25) is 0 Å². The van der Waals surface area contributed by atoms with E-state index in [0.717, 1.165) is 29.2 Å². The molecule has 2 heteroatoms. The maximum atomic E-state index is 10.6. The van der Waals surface area contributed by atoms with Crippen molar-refractivity contribution < 1.29 is 4.79 Å². The molecule has 0 amide bonds. The Kier molecular flexibility index (Phi) is 6.61. The first-order valence-electron chi connectivity index (χ1n) is 10.3. The summed E-state index contributed by atoms with van der Waals surface area (Å²) >= 11 is 0. The molecule has 0 atom stereocenters. The molecule has 5 aromatic carbocycles. The monoisotopic (exact) mass is 401 g/mol. The molecule has 150 valence electrons. The van der Waals surface area contributed by atoms with Crippen LogP contribution in [0.15, 0.2) is 120 Å². The van der Waals surface area contributed by atoms with Gasteiger partial charge in [-0.3, -0.25) is 9.79 Å². The smallest absolute Gasteiger partial charge is 0.150 e. The highest BCUT2D eigenvalue weighted by molar-refractivity contribution is 5.99. The van der Waals surface area contributed by atoms with Gasteiger partial charge in [-0.25, -0.2) is 0 Å². The summed E-state index contributed by atoms with van der Waals surface area (Å²) in [5.41, 5.74) is 3.17. The molecule has 0 aromatic heterocycles. The maximum Gasteiger partial charge on any atom is 0.150 e. The Morgan fingerprint density at radius 1 is 0.548 bits per heavy atom. The van der Waals surface area contributed by atoms with Crippen LogP contribution in [-0.2, 0) is 6.54 Å². The molecule has 0 bridgehead atoms. The van der Waals surface area contributed by atoms with Crippen molar-refractivity contribution in [2.75, 3.05) is 0 Å². The molecule has 0 radical (unpaired) electrons. The Bertz CT molecular complexity index is 1310. The molecule has 0 heterocycles. The van der Waals surface area contributed by atoms with Gasteiger partial charge in [0, 0.05) is 17.3 Å². The fourth-order valence-electron chi connectivity index (χ4n) is 3.55. The molecular weight excluding hydrogens is 378 g/mol. The van der Waals surface area contributed by atoms with Crippen molar-refractivity contribution in [3.05, 3.63) is 132 Å². The average Bonchev–Trinajstić information content (AvgIpc) is 2.85. The lowest BCUT2D eigenvalue weighted by Crippen LogP contribution is -1.86. The van der Waals surface area contributed by atoms with Crippen molar-refractivity contribution >= 4 is 34.0 Å². The molecule has 0 spiro atoms. The van der Waals surface area contributed by atoms with E-state index in [1.807, 2.05) is 66.9 Å². The predicted molar refractivity (Wildman–Crippen MR) is 131 cm³/mol. The minimum atomic E-state index is 0.726. The number of aliphatic imine (C=N–C) groups is 1. The molecule has 0 aliphatic heterocycles. The number of rotatable bonds is 4. The third kappa shape index (κ3) is 5.12. The van der Waals surface area contributed by atoms with Crippen molar-refractivity contribution in [2.24, 2.45) is 4.99 Å². The molecule has 0 aliphatic rings. The molecule has 5 aromatic rings. The van der Waals surface area contributed by atoms with Crippen LogP contribution in [-0.4, -0.2) is 12.5 Å². The van der Waals surface area contributed by atoms with Gasteiger partial charge in [0.2, 0.25) is 0 Å². The highest BCUT2D eigenvalue weighted by atomic mass is 16.1. The van der Waals surface area contributed by atoms with E-state index in [1.54, 1.807) is 0 Å². The van der Waals surface area contributed by atoms with Crippen LogP contribution in [0.5, 0.6) is 0 Å². The number of benzene rings is 5. The standard InChI is InChI=1S/C18H15N.C11H8O/c1-2-7-15(8-3-1)13-19-14-17-11-6-10-16-9-4-5-12-18(16)17;12-8-10-6-3-5-9-4-1-2-7-11(9)10/h1-12,14H,13H2;1-8H/b19-14+;. The first-order valence-corrected chi connectivity index (χ1v) is 10.3. The van der Waals surface area contributed by atoms with Crippen LogP contribution in [0.1, 0.15) is 21.5 Å². The summed E-state index contributed by atoms with van der Waals surface area (Å²) in [6.45, 7) is 0.726. The van der Waals surface area contributed by atoms with E-state index in [4.69, 9.17) is 0 Å². The van der Waals surface area contributed by atoms with Gasteiger partial charge in [-0.05, 0) is 27.1 Å². The lowest BCUT2D eigenvalue weighted by molar-refractivity contribution is 0.112. The maximum absolute atomic E-state index is 10.6. The largest absolute Gasteiger partial charge is 0.298 e. The van der Waals surface area contributed by atoms with Gasteiger partial charge in [0.25, 0.3) is 0 Å². The van der Waals surface area contributed by atoms with E-state index < -0.39 is 0 Å². The summed E-state index contributed by atoms with van der Waals surface area (Å²) in [6, 6.07) is 38.6. The van der Waals surface area contributed by atoms with E-state index in [9.17, 15) is 4.79 Å². The van der Waals surface area contributed by atoms with Gasteiger partial charge in [-0.15, -0.1) is 0 Å². The fourth-order valence-corrected chi connectivity index (χ4v) is 3.55. The first-order chi connectivity index (χ1) is 15.3. The van der Waals surface area contributed by atoms with Crippen molar-refractivity contribution in [3.8, 4) is 0 Å². The third-order valence-corrected chi connectivity index (χ3v) is 5.12. The highest BCUT2D eigenvalue weighted by Gasteiger charge is 1.97. The Hall–Kier alpha value is -4.04. The molecule has 0 N–H and O–H groups in total. The first kappa shape index (κ1) is 20.2. The fraction of sp³-hybridized carbons (Fsp3) is 0.0345. The van der Waals surface area contributed by atoms with Gasteiger partial charge in [0.15, 0.2) is 6.29 Å². The lowest BCUT2D eigenvalue weighted by Gasteiger charge is -2.01. The normalized spacial score (nSPS) is 10.7. The van der Waals surface area contributed by atoms with Gasteiger partial charge in [-0.1, -0.05) is 115 Å². The summed E-state index contributed by atoms with van der Waals surface area (Å²) in [4.78, 5) is 15.2. The van der Waals surface area contributed by atoms with Gasteiger partial charge in [0.05, 0.1) is 6.54 Å². The number of nitrogens with zero attached hydrogens (tertiary/aromatic N) is 1. The van der Waals surface area contributed by atoms with Crippen molar-refractivity contribution in [1.82, 2.24) is 0 Å². The molecule has 0 saturated heterocycles. The van der Waals surface area contributed by atoms with Crippen LogP contribution in [0.4, 0.5) is 0 Å². The van der Waals surface area contributed by atoms with Gasteiger partial charge in [-0.2, -0.15) is 0 Å². The zero-order valence-corrected chi connectivity index (χ0v) is 17.2. The number of hydrogen-bond donors (Lipinski definition) is 0. The Labute approximate surface area is 182 Å². The van der Waals surface area contributed by atoms with Crippen molar-refractivity contribution in [3.63, 3.8) is 0 Å². The molecule has 0 unspecified atom stereocenters. The molecule has 0 saturated carbocycles. The van der Waals surface area contributed by atoms with Gasteiger partial charge in [0.1, 0.15) is 0 Å². The number of carbonyl (C=O) groups is 1. The number of fused-ring (bicyclic) bond motifs is 2. The van der Waals surface area contributed by atoms with E-state index in [-0.39, 0.29) is 0 Å². The number of hydrogen-bond acceptors (Lipinski definition) is 2. The van der Waals surface area contributed by atoms with Gasteiger partial charge < -0.3 is 0 Å². The van der Waals surface area contributed by atoms with Crippen molar-refractivity contribution in [1.29, 1.82) is 0 Å². The molecule has 2 nitrogen and oxygen atoms in total. The SMILES string of the molecule is C(=N\Cc1ccccc1)/c1cccc2ccccc12.O=Cc1cccc2ccccc12. The quantitative estimate of drug-likeness (QED) is 0.233. The van der Waals surface area contributed by atoms with E-state index in [1.165, 1.54) is 21.9 Å². The zero-order valence-electron chi connectivity index (χ0n) is 17.2. The third-order valence-electron chi connectivity index (χ3n) is 5.12. The minimum absolute atomic E-state index is 0.726. The Morgan fingerprint density at radius 2 is 1.06 bits per heavy atom. The summed E-state index contributed by atoms with van der Waals surface area (Å²) in [7, 11) is 0. The second-order valence-corrected chi connectivity index (χ2v) is 7.21. The second kappa shape index (κ2) is 10.1. The Morgan fingerprint density at radius 3 is 1.71 bits per heavy atom. The second-order valence-electron chi connectivity index (χ2n) is 7.21. The van der Waals surface area contributed by atoms with E-state index >= 15 is 0 Å². The van der Waals surface area contributed by atoms with E-state index in [0.29, 0.717) is 0 Å². The number of carbonyl (C=O) groups excluding carboxylic acids is 1. The molecule has 5 rings (SSSR count). The van der Waals surface area contributed by atoms with Crippen LogP contribution < -0.4 is 0 Å². The lowest BCUT2D eigenvalue weighted by atomic mass is 10.1. The predicted octanol–water partition coefficient (Wildman–Crippen LogP) is 7.11. The summed E-state index contributed by atoms with van der Waals surface area (Å²) in [5.74, 6) is 0. The number of aldehydes is 1. The average molecular weight is 402 g/mol. The van der Waals surface area contributed by atoms with Crippen LogP contribution in [0, 0.1) is 0 Å². The Balaban J connectivity index is 0.000000166. The molecule has 31 heavy (non-hydrogen) atoms. The van der Waals surface area contributed by atoms with Crippen LogP contribution in [0.3, 0.4) is 0 Å².